The molecule has 1 unspecified atom stereocenters. The molecule has 1 aliphatic heterocycles. The van der Waals surface area contributed by atoms with Crippen LogP contribution in [0, 0.1) is 0 Å². The molecule has 0 bridgehead atoms. The van der Waals surface area contributed by atoms with Crippen molar-refractivity contribution in [3.8, 4) is 11.3 Å². The summed E-state index contributed by atoms with van der Waals surface area (Å²) in [6.45, 7) is 2.44. The van der Waals surface area contributed by atoms with E-state index in [4.69, 9.17) is 0 Å². The minimum Gasteiger partial charge on any atom is -0.339 e. The summed E-state index contributed by atoms with van der Waals surface area (Å²) in [4.78, 5) is 22.9. The molecule has 0 aliphatic carbocycles. The smallest absolute Gasteiger partial charge is 0.223 e. The van der Waals surface area contributed by atoms with Gasteiger partial charge in [0.05, 0.1) is 22.2 Å². The van der Waals surface area contributed by atoms with Gasteiger partial charge in [0.1, 0.15) is 0 Å². The number of rotatable bonds is 6. The minimum absolute atomic E-state index is 0.00253. The maximum absolute atomic E-state index is 12.5. The van der Waals surface area contributed by atoms with Gasteiger partial charge in [-0.1, -0.05) is 0 Å². The largest absolute Gasteiger partial charge is 0.339 e. The summed E-state index contributed by atoms with van der Waals surface area (Å²) < 4.78 is 23.3. The molecule has 0 aromatic carbocycles. The van der Waals surface area contributed by atoms with Crippen LogP contribution in [-0.4, -0.2) is 53.3 Å². The molecule has 8 heteroatoms. The monoisotopic (exact) mass is 379 g/mol. The lowest BCUT2D eigenvalue weighted by atomic mass is 10.2. The van der Waals surface area contributed by atoms with E-state index in [1.807, 2.05) is 24.4 Å². The molecule has 3 heterocycles. The van der Waals surface area contributed by atoms with E-state index in [-0.39, 0.29) is 23.5 Å². The van der Waals surface area contributed by atoms with Gasteiger partial charge >= 0.3 is 0 Å². The van der Waals surface area contributed by atoms with Crippen molar-refractivity contribution in [3.63, 3.8) is 0 Å². The second-order valence-electron chi connectivity index (χ2n) is 6.10. The van der Waals surface area contributed by atoms with Crippen LogP contribution in [0.2, 0.25) is 0 Å². The van der Waals surface area contributed by atoms with E-state index in [9.17, 15) is 13.2 Å². The van der Waals surface area contributed by atoms with Gasteiger partial charge in [-0.3, -0.25) is 9.78 Å². The Kier molecular flexibility index (Phi) is 5.48. The van der Waals surface area contributed by atoms with E-state index in [2.05, 4.69) is 9.97 Å². The number of hydrogen-bond donors (Lipinski definition) is 0. The van der Waals surface area contributed by atoms with Crippen LogP contribution in [0.25, 0.3) is 11.3 Å². The molecule has 1 amide bonds. The van der Waals surface area contributed by atoms with Gasteiger partial charge in [-0.15, -0.1) is 11.3 Å². The molecule has 0 saturated carbocycles. The van der Waals surface area contributed by atoms with Crippen molar-refractivity contribution in [2.75, 3.05) is 18.1 Å². The average molecular weight is 380 g/mol. The number of thiazole rings is 1. The lowest BCUT2D eigenvalue weighted by Crippen LogP contribution is -2.41. The zero-order chi connectivity index (χ0) is 17.9. The molecule has 2 aromatic rings. The first-order valence-corrected chi connectivity index (χ1v) is 11.0. The third-order valence-electron chi connectivity index (χ3n) is 4.37. The SMILES string of the molecule is CCN(C(=O)CCc1nc(-c2cccnc2)cs1)C1CCS(=O)(=O)C1. The molecule has 2 aromatic heterocycles. The summed E-state index contributed by atoms with van der Waals surface area (Å²) in [6.07, 6.45) is 4.95. The second-order valence-corrected chi connectivity index (χ2v) is 9.28. The zero-order valence-corrected chi connectivity index (χ0v) is 15.7. The normalized spacial score (nSPS) is 19.0. The maximum Gasteiger partial charge on any atom is 0.223 e. The second kappa shape index (κ2) is 7.61. The summed E-state index contributed by atoms with van der Waals surface area (Å²) in [5, 5.41) is 2.88. The Morgan fingerprint density at radius 3 is 2.92 bits per heavy atom. The summed E-state index contributed by atoms with van der Waals surface area (Å²) in [5.74, 6) is 0.278. The predicted molar refractivity (Wildman–Crippen MR) is 98.1 cm³/mol. The van der Waals surface area contributed by atoms with Gasteiger partial charge in [-0.2, -0.15) is 0 Å². The van der Waals surface area contributed by atoms with Crippen LogP contribution in [0.3, 0.4) is 0 Å². The summed E-state index contributed by atoms with van der Waals surface area (Å²) >= 11 is 1.53. The molecule has 1 saturated heterocycles. The van der Waals surface area contributed by atoms with E-state index < -0.39 is 9.84 Å². The van der Waals surface area contributed by atoms with Crippen LogP contribution < -0.4 is 0 Å². The molecule has 0 radical (unpaired) electrons. The van der Waals surface area contributed by atoms with Gasteiger partial charge in [0, 0.05) is 48.8 Å². The number of sulfone groups is 1. The Labute approximate surface area is 151 Å². The average Bonchev–Trinajstić information content (AvgIpc) is 3.21. The lowest BCUT2D eigenvalue weighted by Gasteiger charge is -2.26. The van der Waals surface area contributed by atoms with Crippen LogP contribution in [0.4, 0.5) is 0 Å². The van der Waals surface area contributed by atoms with Crippen LogP contribution in [0.5, 0.6) is 0 Å². The fraction of sp³-hybridized carbons (Fsp3) is 0.471. The molecule has 3 rings (SSSR count). The van der Waals surface area contributed by atoms with Crippen molar-refractivity contribution >= 4 is 27.1 Å². The summed E-state index contributed by atoms with van der Waals surface area (Å²) in [7, 11) is -2.99. The van der Waals surface area contributed by atoms with Gasteiger partial charge in [-0.05, 0) is 25.5 Å². The van der Waals surface area contributed by atoms with Gasteiger partial charge in [0.2, 0.25) is 5.91 Å². The molecule has 134 valence electrons. The number of nitrogens with zero attached hydrogens (tertiary/aromatic N) is 3. The fourth-order valence-electron chi connectivity index (χ4n) is 3.09. The van der Waals surface area contributed by atoms with Crippen molar-refractivity contribution in [1.29, 1.82) is 0 Å². The number of hydrogen-bond acceptors (Lipinski definition) is 6. The molecular weight excluding hydrogens is 358 g/mol. The highest BCUT2D eigenvalue weighted by Crippen LogP contribution is 2.23. The Balaban J connectivity index is 1.59. The number of amides is 1. The summed E-state index contributed by atoms with van der Waals surface area (Å²) in [5.41, 5.74) is 1.83. The standard InChI is InChI=1S/C17H21N3O3S2/c1-2-20(14-7-9-25(22,23)12-14)17(21)6-5-16-19-15(11-24-16)13-4-3-8-18-10-13/h3-4,8,10-11,14H,2,5-7,9,12H2,1H3. The fourth-order valence-corrected chi connectivity index (χ4v) is 5.63. The highest BCUT2D eigenvalue weighted by atomic mass is 32.2. The number of carbonyl (C=O) groups is 1. The predicted octanol–water partition coefficient (Wildman–Crippen LogP) is 2.17. The van der Waals surface area contributed by atoms with E-state index in [0.29, 0.717) is 25.8 Å². The number of aromatic nitrogens is 2. The molecule has 25 heavy (non-hydrogen) atoms. The Morgan fingerprint density at radius 1 is 1.44 bits per heavy atom. The third kappa shape index (κ3) is 4.43. The topological polar surface area (TPSA) is 80.2 Å². The van der Waals surface area contributed by atoms with Crippen molar-refractivity contribution in [1.82, 2.24) is 14.9 Å². The quantitative estimate of drug-likeness (QED) is 0.768. The number of pyridine rings is 1. The minimum atomic E-state index is -2.99. The van der Waals surface area contributed by atoms with Crippen LogP contribution in [0.15, 0.2) is 29.9 Å². The van der Waals surface area contributed by atoms with E-state index >= 15 is 0 Å². The lowest BCUT2D eigenvalue weighted by molar-refractivity contribution is -0.132. The molecule has 1 aliphatic rings. The highest BCUT2D eigenvalue weighted by molar-refractivity contribution is 7.91. The molecule has 0 N–H and O–H groups in total. The van der Waals surface area contributed by atoms with E-state index in [1.165, 1.54) is 11.3 Å². The van der Waals surface area contributed by atoms with Gasteiger partial charge < -0.3 is 4.90 Å². The van der Waals surface area contributed by atoms with Gasteiger partial charge in [-0.25, -0.2) is 13.4 Å². The van der Waals surface area contributed by atoms with E-state index in [0.717, 1.165) is 16.3 Å². The van der Waals surface area contributed by atoms with Gasteiger partial charge in [0.15, 0.2) is 9.84 Å². The van der Waals surface area contributed by atoms with E-state index in [1.54, 1.807) is 17.3 Å². The third-order valence-corrected chi connectivity index (χ3v) is 7.03. The Morgan fingerprint density at radius 2 is 2.28 bits per heavy atom. The Hall–Kier alpha value is -1.80. The maximum atomic E-state index is 12.5. The Bertz CT molecular complexity index is 834. The molecule has 1 atom stereocenters. The van der Waals surface area contributed by atoms with Gasteiger partial charge in [0.25, 0.3) is 0 Å². The zero-order valence-electron chi connectivity index (χ0n) is 14.1. The van der Waals surface area contributed by atoms with Crippen LogP contribution in [0.1, 0.15) is 24.8 Å². The molecule has 1 fully saturated rings. The number of aryl methyl sites for hydroxylation is 1. The van der Waals surface area contributed by atoms with Crippen molar-refractivity contribution < 1.29 is 13.2 Å². The first-order chi connectivity index (χ1) is 12.0. The highest BCUT2D eigenvalue weighted by Gasteiger charge is 2.33. The van der Waals surface area contributed by atoms with Crippen molar-refractivity contribution in [2.24, 2.45) is 0 Å². The van der Waals surface area contributed by atoms with Crippen LogP contribution in [-0.2, 0) is 21.1 Å². The first kappa shape index (κ1) is 18.0. The molecular formula is C17H21N3O3S2. The number of carbonyl (C=O) groups excluding carboxylic acids is 1. The molecule has 0 spiro atoms. The van der Waals surface area contributed by atoms with Crippen LogP contribution >= 0.6 is 11.3 Å². The van der Waals surface area contributed by atoms with Crippen molar-refractivity contribution in [2.45, 2.75) is 32.2 Å². The molecule has 6 nitrogen and oxygen atoms in total. The summed E-state index contributed by atoms with van der Waals surface area (Å²) in [6, 6.07) is 3.65. The van der Waals surface area contributed by atoms with Crippen molar-refractivity contribution in [3.05, 3.63) is 34.9 Å². The first-order valence-electron chi connectivity index (χ1n) is 8.33.